The van der Waals surface area contributed by atoms with E-state index in [0.717, 1.165) is 77.4 Å². The number of unbranched alkanes of at least 4 members (excludes halogenated alkanes) is 1. The summed E-state index contributed by atoms with van der Waals surface area (Å²) >= 11 is 1.42. The van der Waals surface area contributed by atoms with E-state index in [2.05, 4.69) is 20.7 Å². The lowest BCUT2D eigenvalue weighted by Gasteiger charge is -2.43. The second kappa shape index (κ2) is 21.6. The minimum atomic E-state index is -4.44. The van der Waals surface area contributed by atoms with Crippen LogP contribution < -0.4 is 25.2 Å². The zero-order valence-electron chi connectivity index (χ0n) is 42.9. The lowest BCUT2D eigenvalue weighted by atomic mass is 9.84. The molecule has 2 saturated heterocycles. The molecule has 15 nitrogen and oxygen atoms in total. The Bertz CT molecular complexity index is 3370. The van der Waals surface area contributed by atoms with Gasteiger partial charge < -0.3 is 19.6 Å². The van der Waals surface area contributed by atoms with Crippen molar-refractivity contribution < 1.29 is 42.2 Å². The number of pyridine rings is 1. The molecule has 4 aliphatic rings. The number of ether oxygens (including phenoxy) is 1. The first-order valence-corrected chi connectivity index (χ1v) is 27.4. The third-order valence-electron chi connectivity index (χ3n) is 16.0. The number of piperidine rings is 1. The molecule has 0 unspecified atom stereocenters. The maximum absolute atomic E-state index is 14.7. The van der Waals surface area contributed by atoms with Gasteiger partial charge in [-0.1, -0.05) is 60.6 Å². The van der Waals surface area contributed by atoms with Crippen LogP contribution in [0.5, 0.6) is 5.75 Å². The lowest BCUT2D eigenvalue weighted by molar-refractivity contribution is -0.156. The molecule has 1 saturated carbocycles. The number of nitrogens with one attached hydrogen (secondary N) is 2. The molecule has 0 spiro atoms. The number of halogens is 3. The number of fused-ring (bicyclic) bond motifs is 3. The summed E-state index contributed by atoms with van der Waals surface area (Å²) in [5.41, 5.74) is 6.87. The van der Waals surface area contributed by atoms with Gasteiger partial charge in [0.2, 0.25) is 11.8 Å². The van der Waals surface area contributed by atoms with Gasteiger partial charge in [-0.3, -0.25) is 34.6 Å². The minimum Gasteiger partial charge on any atom is -0.490 e. The number of carbonyl (C=O) groups is 4. The Morgan fingerprint density at radius 1 is 0.883 bits per heavy atom. The van der Waals surface area contributed by atoms with Crippen molar-refractivity contribution in [3.8, 4) is 16.9 Å². The molecule has 4 aromatic carbocycles. The molecule has 0 radical (unpaired) electrons. The number of benzene rings is 4. The van der Waals surface area contributed by atoms with Crippen LogP contribution in [0.1, 0.15) is 107 Å². The van der Waals surface area contributed by atoms with Crippen LogP contribution in [0.4, 0.5) is 29.8 Å². The monoisotopic (exact) mass is 1070 g/mol. The predicted octanol–water partition coefficient (Wildman–Crippen LogP) is 10.4. The van der Waals surface area contributed by atoms with Crippen LogP contribution in [0.2, 0.25) is 0 Å². The van der Waals surface area contributed by atoms with Gasteiger partial charge in [0.1, 0.15) is 17.6 Å². The number of aromatic carboxylic acids is 1. The van der Waals surface area contributed by atoms with Crippen LogP contribution in [0.25, 0.3) is 32.2 Å². The highest BCUT2D eigenvalue weighted by atomic mass is 32.1. The summed E-state index contributed by atoms with van der Waals surface area (Å²) in [5, 5.41) is 21.7. The van der Waals surface area contributed by atoms with Gasteiger partial charge >= 0.3 is 12.1 Å². The minimum absolute atomic E-state index is 0.00335. The molecule has 3 amide bonds. The van der Waals surface area contributed by atoms with E-state index >= 15 is 0 Å². The van der Waals surface area contributed by atoms with Crippen molar-refractivity contribution in [3.05, 3.63) is 125 Å². The summed E-state index contributed by atoms with van der Waals surface area (Å²) in [6, 6.07) is 26.3. The number of imide groups is 1. The Morgan fingerprint density at radius 2 is 1.70 bits per heavy atom. The fourth-order valence-electron chi connectivity index (χ4n) is 11.9. The number of anilines is 3. The molecule has 3 N–H and O–H groups in total. The van der Waals surface area contributed by atoms with Gasteiger partial charge in [0, 0.05) is 68.4 Å². The van der Waals surface area contributed by atoms with Gasteiger partial charge in [0.05, 0.1) is 33.4 Å². The molecule has 0 bridgehead atoms. The molecule has 6 heterocycles. The summed E-state index contributed by atoms with van der Waals surface area (Å²) < 4.78 is 53.4. The average molecular weight is 1070 g/mol. The highest BCUT2D eigenvalue weighted by Gasteiger charge is 2.47. The number of carboxylic acids is 1. The standard InChI is InChI=1S/C58H60F3N9O6S/c1-34-39(40-22-24-50(63-53(40)56(74)75)69-28-26-36-10-7-12-41(44(36)32-69)54(72)65-57-62-45-13-3-4-15-48(45)77-57)11-8-14-47(34)76-38-19-16-35(17-20-38)9-5-6-27-68-29-30-70(49(33-68)58(59,60)61)37-18-21-42-46(31-37)67(2)66-52(42)43-23-25-51(71)64-55(43)73/h3-4,7-8,10-15,18,21-22,24,31,35,38,43,49H,5-6,9,16-17,19-20,23,25-30,32-33H2,1-2H3,(H,74,75)(H,62,65,72)(H,64,71,73)/t35?,38?,43-,49-/m1/s1. The van der Waals surface area contributed by atoms with E-state index in [1.807, 2.05) is 83.5 Å². The SMILES string of the molecule is Cc1c(OC2CCC(CCCCN3CCN(c4ccc5c([C@H]6CCC(=O)NC6=O)nn(C)c5c4)[C@@H](C(F)(F)F)C3)CC2)cccc1-c1ccc(N2CCc3cccc(C(=O)Nc4nc5ccccc5s4)c3C2)nc1C(=O)O. The maximum Gasteiger partial charge on any atom is 0.409 e. The number of aryl methyl sites for hydroxylation is 1. The quantitative estimate of drug-likeness (QED) is 0.0696. The summed E-state index contributed by atoms with van der Waals surface area (Å²) in [4.78, 5) is 65.6. The molecular formula is C58H60F3N9O6S. The molecule has 2 atom stereocenters. The molecule has 3 aliphatic heterocycles. The van der Waals surface area contributed by atoms with E-state index in [1.54, 1.807) is 36.0 Å². The van der Waals surface area contributed by atoms with Gasteiger partial charge in [-0.2, -0.15) is 18.3 Å². The van der Waals surface area contributed by atoms with Crippen LogP contribution in [-0.2, 0) is 29.6 Å². The van der Waals surface area contributed by atoms with Crippen molar-refractivity contribution >= 4 is 72.8 Å². The number of carboxylic acid groups (broad SMARTS) is 1. The third-order valence-corrected chi connectivity index (χ3v) is 17.0. The van der Waals surface area contributed by atoms with Gasteiger partial charge in [-0.05, 0) is 141 Å². The number of para-hydroxylation sites is 1. The van der Waals surface area contributed by atoms with Gasteiger partial charge in [-0.15, -0.1) is 0 Å². The topological polar surface area (TPSA) is 175 Å². The van der Waals surface area contributed by atoms with E-state index in [-0.39, 0.29) is 43.1 Å². The second-order valence-electron chi connectivity index (χ2n) is 20.9. The molecule has 11 rings (SSSR count). The largest absolute Gasteiger partial charge is 0.490 e. The average Bonchev–Trinajstić information content (AvgIpc) is 4.10. The van der Waals surface area contributed by atoms with E-state index in [0.29, 0.717) is 95.0 Å². The first-order chi connectivity index (χ1) is 37.1. The molecule has 400 valence electrons. The van der Waals surface area contributed by atoms with Crippen LogP contribution >= 0.6 is 11.3 Å². The highest BCUT2D eigenvalue weighted by Crippen LogP contribution is 2.39. The van der Waals surface area contributed by atoms with Crippen LogP contribution in [-0.4, -0.2) is 104 Å². The molecule has 3 fully saturated rings. The lowest BCUT2D eigenvalue weighted by Crippen LogP contribution is -2.59. The number of piperazine rings is 1. The Morgan fingerprint density at radius 3 is 2.49 bits per heavy atom. The van der Waals surface area contributed by atoms with Crippen LogP contribution in [0.3, 0.4) is 0 Å². The van der Waals surface area contributed by atoms with Crippen molar-refractivity contribution in [1.29, 1.82) is 0 Å². The van der Waals surface area contributed by atoms with Crippen molar-refractivity contribution in [3.63, 3.8) is 0 Å². The Balaban J connectivity index is 0.668. The number of alkyl halides is 3. The molecule has 3 aromatic heterocycles. The first kappa shape index (κ1) is 51.7. The van der Waals surface area contributed by atoms with Crippen molar-refractivity contribution in [1.82, 2.24) is 30.0 Å². The third kappa shape index (κ3) is 10.8. The number of rotatable bonds is 14. The molecular weight excluding hydrogens is 1010 g/mol. The van der Waals surface area contributed by atoms with Crippen molar-refractivity contribution in [2.24, 2.45) is 13.0 Å². The van der Waals surface area contributed by atoms with Crippen molar-refractivity contribution in [2.75, 3.05) is 47.8 Å². The number of nitrogens with zero attached hydrogens (tertiary/aromatic N) is 7. The summed E-state index contributed by atoms with van der Waals surface area (Å²) in [6.07, 6.45) is 3.19. The Labute approximate surface area is 447 Å². The summed E-state index contributed by atoms with van der Waals surface area (Å²) in [7, 11) is 1.71. The molecule has 77 heavy (non-hydrogen) atoms. The molecule has 1 aliphatic carbocycles. The zero-order chi connectivity index (χ0) is 53.5. The Kier molecular flexibility index (Phi) is 14.5. The number of hydrogen-bond acceptors (Lipinski definition) is 12. The highest BCUT2D eigenvalue weighted by molar-refractivity contribution is 7.22. The summed E-state index contributed by atoms with van der Waals surface area (Å²) in [6.45, 7) is 4.12. The van der Waals surface area contributed by atoms with Crippen LogP contribution in [0.15, 0.2) is 91.0 Å². The summed E-state index contributed by atoms with van der Waals surface area (Å²) in [5.74, 6) is -1.02. The fourth-order valence-corrected chi connectivity index (χ4v) is 12.8. The fraction of sp³-hybridized carbons (Fsp3) is 0.397. The van der Waals surface area contributed by atoms with E-state index in [9.17, 15) is 37.5 Å². The first-order valence-electron chi connectivity index (χ1n) is 26.5. The number of amides is 3. The number of thiazole rings is 1. The van der Waals surface area contributed by atoms with Crippen LogP contribution in [0, 0.1) is 12.8 Å². The predicted molar refractivity (Wildman–Crippen MR) is 290 cm³/mol. The van der Waals surface area contributed by atoms with E-state index in [1.165, 1.54) is 16.2 Å². The van der Waals surface area contributed by atoms with Gasteiger partial charge in [0.15, 0.2) is 10.8 Å². The van der Waals surface area contributed by atoms with E-state index in [4.69, 9.17) is 9.72 Å². The number of hydrogen-bond donors (Lipinski definition) is 3. The van der Waals surface area contributed by atoms with Gasteiger partial charge in [-0.25, -0.2) is 14.8 Å². The number of aromatic nitrogens is 4. The molecule has 19 heteroatoms. The smallest absolute Gasteiger partial charge is 0.409 e. The Hall–Kier alpha value is -7.38. The maximum atomic E-state index is 14.7. The van der Waals surface area contributed by atoms with Gasteiger partial charge in [0.25, 0.3) is 5.91 Å². The normalized spacial score (nSPS) is 20.3. The zero-order valence-corrected chi connectivity index (χ0v) is 43.8. The van der Waals surface area contributed by atoms with Crippen molar-refractivity contribution in [2.45, 2.75) is 102 Å². The molecule has 7 aromatic rings. The second-order valence-corrected chi connectivity index (χ2v) is 21.9. The number of carbonyl (C=O) groups excluding carboxylic acids is 3. The van der Waals surface area contributed by atoms with E-state index < -0.39 is 30.0 Å².